The van der Waals surface area contributed by atoms with Crippen molar-refractivity contribution in [1.82, 2.24) is 15.8 Å². The van der Waals surface area contributed by atoms with Crippen LogP contribution in [-0.4, -0.2) is 17.2 Å². The molecule has 0 aliphatic carbocycles. The quantitative estimate of drug-likeness (QED) is 0.493. The molecule has 0 saturated carbocycles. The molecule has 4 heteroatoms. The molecule has 1 unspecified atom stereocenters. The van der Waals surface area contributed by atoms with E-state index in [1.54, 1.807) is 11.8 Å². The van der Waals surface area contributed by atoms with E-state index in [-0.39, 0.29) is 0 Å². The number of nitrogens with zero attached hydrogens (tertiary/aromatic N) is 2. The Balaban J connectivity index is 2.13. The van der Waals surface area contributed by atoms with Crippen molar-refractivity contribution in [2.45, 2.75) is 5.50 Å². The van der Waals surface area contributed by atoms with Gasteiger partial charge >= 0.3 is 0 Å². The van der Waals surface area contributed by atoms with Gasteiger partial charge in [-0.15, -0.1) is 5.43 Å². The van der Waals surface area contributed by atoms with Crippen LogP contribution in [0.15, 0.2) is 11.6 Å². The van der Waals surface area contributed by atoms with E-state index in [0.717, 1.165) is 6.67 Å². The first-order valence-corrected chi connectivity index (χ1v) is 3.42. The predicted octanol–water partition coefficient (Wildman–Crippen LogP) is -0.130. The lowest BCUT2D eigenvalue weighted by molar-refractivity contribution is 0.332. The van der Waals surface area contributed by atoms with Crippen LogP contribution in [0.3, 0.4) is 0 Å². The second-order valence-electron chi connectivity index (χ2n) is 1.66. The fraction of sp³-hybridized carbons (Fsp3) is 0.500. The van der Waals surface area contributed by atoms with E-state index in [9.17, 15) is 0 Å². The molecule has 0 amide bonds. The summed E-state index contributed by atoms with van der Waals surface area (Å²) in [5.74, 6) is 0. The van der Waals surface area contributed by atoms with Crippen molar-refractivity contribution < 1.29 is 0 Å². The summed E-state index contributed by atoms with van der Waals surface area (Å²) in [6.45, 7) is 0.766. The Hall–Kier alpha value is -0.190. The molecule has 1 saturated heterocycles. The Labute approximate surface area is 52.1 Å². The van der Waals surface area contributed by atoms with Gasteiger partial charge in [0.15, 0.2) is 0 Å². The number of nitrogens with one attached hydrogen (secondary N) is 1. The largest absolute Gasteiger partial charge is 0.271 e. The van der Waals surface area contributed by atoms with Gasteiger partial charge in [-0.25, -0.2) is 0 Å². The molecule has 0 aromatic heterocycles. The summed E-state index contributed by atoms with van der Waals surface area (Å²) < 4.78 is 0. The van der Waals surface area contributed by atoms with Gasteiger partial charge in [-0.1, -0.05) is 11.8 Å². The van der Waals surface area contributed by atoms with Gasteiger partial charge in [0.25, 0.3) is 0 Å². The normalized spacial score (nSPS) is 34.0. The molecule has 1 radical (unpaired) electrons. The molecule has 2 aliphatic heterocycles. The number of rotatable bonds is 0. The van der Waals surface area contributed by atoms with E-state index in [2.05, 4.69) is 10.7 Å². The van der Waals surface area contributed by atoms with Crippen molar-refractivity contribution in [3.63, 3.8) is 0 Å². The number of hydrogen-bond acceptors (Lipinski definition) is 3. The third-order valence-electron chi connectivity index (χ3n) is 1.16. The zero-order chi connectivity index (χ0) is 5.40. The number of hydrogen-bond donors (Lipinski definition) is 1. The number of fused-ring (bicyclic) bond motifs is 1. The van der Waals surface area contributed by atoms with E-state index >= 15 is 0 Å². The van der Waals surface area contributed by atoms with Gasteiger partial charge in [0.1, 0.15) is 5.50 Å². The Kier molecular flexibility index (Phi) is 0.961. The third-order valence-corrected chi connectivity index (χ3v) is 2.08. The van der Waals surface area contributed by atoms with Crippen molar-refractivity contribution in [2.24, 2.45) is 0 Å². The summed E-state index contributed by atoms with van der Waals surface area (Å²) >= 11 is 1.75. The number of thioether (sulfide) groups is 1. The van der Waals surface area contributed by atoms with Crippen molar-refractivity contribution in [2.75, 3.05) is 6.67 Å². The minimum atomic E-state index is 0.398. The van der Waals surface area contributed by atoms with Crippen LogP contribution < -0.4 is 10.7 Å². The molecular weight excluding hydrogens is 122 g/mol. The highest BCUT2D eigenvalue weighted by molar-refractivity contribution is 8.02. The molecule has 1 atom stereocenters. The summed E-state index contributed by atoms with van der Waals surface area (Å²) in [5.41, 5.74) is 4.51. The van der Waals surface area contributed by atoms with Gasteiger partial charge < -0.3 is 0 Å². The topological polar surface area (TPSA) is 29.4 Å². The lowest BCUT2D eigenvalue weighted by atomic mass is 10.9. The third kappa shape index (κ3) is 0.538. The molecule has 1 N–H and O–H groups in total. The summed E-state index contributed by atoms with van der Waals surface area (Å²) in [4.78, 5) is 0. The first-order valence-electron chi connectivity index (χ1n) is 2.48. The van der Waals surface area contributed by atoms with Gasteiger partial charge in [0.05, 0.1) is 6.67 Å². The van der Waals surface area contributed by atoms with E-state index < -0.39 is 0 Å². The molecular formula is C4H6N3S. The highest BCUT2D eigenvalue weighted by Crippen LogP contribution is 2.23. The predicted molar refractivity (Wildman–Crippen MR) is 32.5 cm³/mol. The molecule has 0 spiro atoms. The maximum atomic E-state index is 4.11. The summed E-state index contributed by atoms with van der Waals surface area (Å²) in [6, 6.07) is 0. The lowest BCUT2D eigenvalue weighted by Crippen LogP contribution is -2.25. The average Bonchev–Trinajstić information content (AvgIpc) is 2.15. The molecule has 0 aromatic rings. The molecule has 2 heterocycles. The van der Waals surface area contributed by atoms with Crippen LogP contribution in [0.5, 0.6) is 0 Å². The van der Waals surface area contributed by atoms with E-state index in [4.69, 9.17) is 0 Å². The minimum absolute atomic E-state index is 0.398. The monoisotopic (exact) mass is 128 g/mol. The van der Waals surface area contributed by atoms with Gasteiger partial charge in [-0.05, 0) is 5.41 Å². The Morgan fingerprint density at radius 1 is 1.88 bits per heavy atom. The zero-order valence-electron chi connectivity index (χ0n) is 4.24. The first kappa shape index (κ1) is 4.67. The molecule has 43 valence electrons. The van der Waals surface area contributed by atoms with E-state index in [1.807, 2.05) is 16.6 Å². The van der Waals surface area contributed by atoms with Gasteiger partial charge in [0, 0.05) is 6.20 Å². The molecule has 3 nitrogen and oxygen atoms in total. The van der Waals surface area contributed by atoms with Gasteiger partial charge in [-0.3, -0.25) is 10.3 Å². The van der Waals surface area contributed by atoms with Crippen molar-refractivity contribution in [1.29, 1.82) is 0 Å². The van der Waals surface area contributed by atoms with Crippen LogP contribution in [-0.2, 0) is 0 Å². The van der Waals surface area contributed by atoms with E-state index in [0.29, 0.717) is 5.50 Å². The second-order valence-corrected chi connectivity index (χ2v) is 2.65. The van der Waals surface area contributed by atoms with Crippen molar-refractivity contribution >= 4 is 11.8 Å². The van der Waals surface area contributed by atoms with Crippen LogP contribution in [0, 0.1) is 0 Å². The summed E-state index contributed by atoms with van der Waals surface area (Å²) in [7, 11) is 0. The van der Waals surface area contributed by atoms with Crippen molar-refractivity contribution in [3.05, 3.63) is 11.6 Å². The maximum Gasteiger partial charge on any atom is 0.148 e. The average molecular weight is 128 g/mol. The van der Waals surface area contributed by atoms with Crippen molar-refractivity contribution in [3.8, 4) is 0 Å². The van der Waals surface area contributed by atoms with Crippen LogP contribution in [0.4, 0.5) is 0 Å². The standard InChI is InChI=1S/C4H6N3S/c1-2-8-4-5-3-6-7(1)4/h1-2,4-5H,3H2. The smallest absolute Gasteiger partial charge is 0.148 e. The molecule has 1 fully saturated rings. The van der Waals surface area contributed by atoms with E-state index in [1.165, 1.54) is 0 Å². The van der Waals surface area contributed by atoms with Crippen LogP contribution in [0.1, 0.15) is 0 Å². The van der Waals surface area contributed by atoms with Crippen LogP contribution >= 0.6 is 11.8 Å². The zero-order valence-corrected chi connectivity index (χ0v) is 5.06. The lowest BCUT2D eigenvalue weighted by Gasteiger charge is -2.09. The Bertz CT molecular complexity index is 124. The SMILES string of the molecule is C1=CN2[N]CNC2S1. The summed E-state index contributed by atoms with van der Waals surface area (Å²) in [5, 5.41) is 7.16. The fourth-order valence-corrected chi connectivity index (χ4v) is 1.55. The second kappa shape index (κ2) is 1.65. The highest BCUT2D eigenvalue weighted by Gasteiger charge is 2.24. The molecule has 0 bridgehead atoms. The Morgan fingerprint density at radius 2 is 2.88 bits per heavy atom. The maximum absolute atomic E-state index is 4.11. The van der Waals surface area contributed by atoms with Gasteiger partial charge in [-0.2, -0.15) is 0 Å². The summed E-state index contributed by atoms with van der Waals surface area (Å²) in [6.07, 6.45) is 1.98. The van der Waals surface area contributed by atoms with Gasteiger partial charge in [0.2, 0.25) is 0 Å². The fourth-order valence-electron chi connectivity index (χ4n) is 0.776. The minimum Gasteiger partial charge on any atom is -0.271 e. The van der Waals surface area contributed by atoms with Crippen LogP contribution in [0.25, 0.3) is 0 Å². The molecule has 8 heavy (non-hydrogen) atoms. The Morgan fingerprint density at radius 3 is 3.75 bits per heavy atom. The molecule has 2 aliphatic rings. The molecule has 0 aromatic carbocycles. The van der Waals surface area contributed by atoms with Crippen LogP contribution in [0.2, 0.25) is 0 Å². The highest BCUT2D eigenvalue weighted by atomic mass is 32.2. The molecule has 2 rings (SSSR count). The first-order chi connectivity index (χ1) is 3.97.